The van der Waals surface area contributed by atoms with Crippen molar-refractivity contribution in [3.05, 3.63) is 57.8 Å². The molecule has 0 spiro atoms. The minimum absolute atomic E-state index is 0.000385. The number of carbonyl (C=O) groups excluding carboxylic acids is 1. The molecule has 2 aromatic carbocycles. The summed E-state index contributed by atoms with van der Waals surface area (Å²) in [7, 11) is -3.37. The van der Waals surface area contributed by atoms with E-state index in [0.29, 0.717) is 22.1 Å². The van der Waals surface area contributed by atoms with Crippen LogP contribution in [0.25, 0.3) is 0 Å². The van der Waals surface area contributed by atoms with Gasteiger partial charge in [-0.1, -0.05) is 15.9 Å². The molecule has 0 bridgehead atoms. The van der Waals surface area contributed by atoms with E-state index < -0.39 is 15.8 Å². The molecule has 26 heavy (non-hydrogen) atoms. The number of hydrogen-bond donors (Lipinski definition) is 0. The molecule has 0 aliphatic carbocycles. The van der Waals surface area contributed by atoms with Crippen LogP contribution in [0, 0.1) is 5.82 Å². The molecule has 0 amide bonds. The van der Waals surface area contributed by atoms with Crippen LogP contribution in [0.1, 0.15) is 22.8 Å². The van der Waals surface area contributed by atoms with Crippen molar-refractivity contribution in [1.29, 1.82) is 0 Å². The van der Waals surface area contributed by atoms with Gasteiger partial charge in [-0.25, -0.2) is 12.8 Å². The van der Waals surface area contributed by atoms with Crippen molar-refractivity contribution in [3.8, 4) is 5.75 Å². The summed E-state index contributed by atoms with van der Waals surface area (Å²) in [4.78, 5) is 12.4. The van der Waals surface area contributed by atoms with Gasteiger partial charge in [0.15, 0.2) is 24.0 Å². The number of Topliss-reactive ketones (excluding diaryl/α,β-unsaturated/α-hetero) is 1. The Hall–Kier alpha value is -1.93. The highest BCUT2D eigenvalue weighted by atomic mass is 79.9. The van der Waals surface area contributed by atoms with Gasteiger partial charge in [-0.2, -0.15) is 0 Å². The summed E-state index contributed by atoms with van der Waals surface area (Å²) in [6, 6.07) is 9.02. The second-order valence-corrected chi connectivity index (χ2v) is 9.02. The molecule has 1 atom stereocenters. The lowest BCUT2D eigenvalue weighted by atomic mass is 10.0. The zero-order valence-corrected chi connectivity index (χ0v) is 16.6. The Morgan fingerprint density at radius 1 is 1.31 bits per heavy atom. The molecule has 1 aliphatic heterocycles. The third kappa shape index (κ3) is 3.76. The van der Waals surface area contributed by atoms with Gasteiger partial charge < -0.3 is 4.74 Å². The van der Waals surface area contributed by atoms with E-state index in [1.807, 2.05) is 6.92 Å². The molecule has 1 aliphatic rings. The fraction of sp³-hybridized carbons (Fsp3) is 0.278. The molecule has 0 radical (unpaired) electrons. The maximum atomic E-state index is 13.8. The minimum atomic E-state index is -3.37. The minimum Gasteiger partial charge on any atom is -0.482 e. The maximum Gasteiger partial charge on any atom is 0.232 e. The number of ketones is 1. The molecule has 2 aromatic rings. The Morgan fingerprint density at radius 2 is 2.04 bits per heavy atom. The number of anilines is 1. The zero-order chi connectivity index (χ0) is 19.1. The first-order chi connectivity index (χ1) is 12.2. The van der Waals surface area contributed by atoms with Crippen molar-refractivity contribution in [2.45, 2.75) is 19.4 Å². The van der Waals surface area contributed by atoms with Crippen molar-refractivity contribution in [1.82, 2.24) is 0 Å². The Kier molecular flexibility index (Phi) is 5.07. The number of sulfonamides is 1. The van der Waals surface area contributed by atoms with Gasteiger partial charge in [-0.05, 0) is 55.3 Å². The largest absolute Gasteiger partial charge is 0.482 e. The summed E-state index contributed by atoms with van der Waals surface area (Å²) in [5.41, 5.74) is 1.80. The quantitative estimate of drug-likeness (QED) is 0.665. The van der Waals surface area contributed by atoms with Gasteiger partial charge in [-0.3, -0.25) is 9.10 Å². The second kappa shape index (κ2) is 7.00. The summed E-state index contributed by atoms with van der Waals surface area (Å²) in [6.07, 6.45) is 1.70. The van der Waals surface area contributed by atoms with Crippen LogP contribution in [0.3, 0.4) is 0 Å². The number of hydrogen-bond acceptors (Lipinski definition) is 4. The van der Waals surface area contributed by atoms with Crippen LogP contribution in [-0.2, 0) is 16.4 Å². The standard InChI is InChI=1S/C18H17BrFNO4S/c1-11-7-13-8-12(3-5-16(13)21(11)26(2,23)24)17(22)10-25-18-6-4-14(19)9-15(18)20/h3-6,8-9,11H,7,10H2,1-2H3/t11-/m1/s1. The topological polar surface area (TPSA) is 63.7 Å². The van der Waals surface area contributed by atoms with E-state index in [1.54, 1.807) is 24.3 Å². The molecule has 3 rings (SSSR count). The van der Waals surface area contributed by atoms with Gasteiger partial charge in [0.25, 0.3) is 0 Å². The first-order valence-corrected chi connectivity index (χ1v) is 10.5. The number of rotatable bonds is 5. The third-order valence-electron chi connectivity index (χ3n) is 4.16. The molecular weight excluding hydrogens is 425 g/mol. The van der Waals surface area contributed by atoms with Crippen LogP contribution in [0.15, 0.2) is 40.9 Å². The lowest BCUT2D eigenvalue weighted by Gasteiger charge is -2.21. The molecule has 1 heterocycles. The van der Waals surface area contributed by atoms with E-state index in [2.05, 4.69) is 15.9 Å². The number of ether oxygens (including phenoxy) is 1. The van der Waals surface area contributed by atoms with E-state index in [0.717, 1.165) is 11.8 Å². The van der Waals surface area contributed by atoms with Crippen molar-refractivity contribution in [3.63, 3.8) is 0 Å². The Labute approximate surface area is 160 Å². The van der Waals surface area contributed by atoms with Crippen LogP contribution in [-0.4, -0.2) is 33.1 Å². The van der Waals surface area contributed by atoms with Gasteiger partial charge in [0.2, 0.25) is 10.0 Å². The van der Waals surface area contributed by atoms with Crippen molar-refractivity contribution in [2.24, 2.45) is 0 Å². The molecule has 0 aromatic heterocycles. The molecule has 0 fully saturated rings. The highest BCUT2D eigenvalue weighted by Gasteiger charge is 2.32. The summed E-state index contributed by atoms with van der Waals surface area (Å²) < 4.78 is 44.9. The predicted molar refractivity (Wildman–Crippen MR) is 101 cm³/mol. The first kappa shape index (κ1) is 18.8. The Bertz CT molecular complexity index is 977. The number of fused-ring (bicyclic) bond motifs is 1. The van der Waals surface area contributed by atoms with Crippen LogP contribution in [0.2, 0.25) is 0 Å². The number of carbonyl (C=O) groups is 1. The van der Waals surface area contributed by atoms with Gasteiger partial charge in [0.05, 0.1) is 11.9 Å². The van der Waals surface area contributed by atoms with Crippen molar-refractivity contribution < 1.29 is 22.3 Å². The fourth-order valence-corrected chi connectivity index (χ4v) is 4.70. The van der Waals surface area contributed by atoms with Gasteiger partial charge in [0.1, 0.15) is 0 Å². The average Bonchev–Trinajstić information content (AvgIpc) is 2.88. The van der Waals surface area contributed by atoms with Crippen LogP contribution in [0.5, 0.6) is 5.75 Å². The summed E-state index contributed by atoms with van der Waals surface area (Å²) in [6.45, 7) is 1.52. The molecule has 5 nitrogen and oxygen atoms in total. The van der Waals surface area contributed by atoms with E-state index in [-0.39, 0.29) is 24.2 Å². The number of nitrogens with zero attached hydrogens (tertiary/aromatic N) is 1. The van der Waals surface area contributed by atoms with Crippen LogP contribution in [0.4, 0.5) is 10.1 Å². The second-order valence-electron chi connectivity index (χ2n) is 6.24. The maximum absolute atomic E-state index is 13.8. The van der Waals surface area contributed by atoms with Gasteiger partial charge in [-0.15, -0.1) is 0 Å². The van der Waals surface area contributed by atoms with Gasteiger partial charge >= 0.3 is 0 Å². The smallest absolute Gasteiger partial charge is 0.232 e. The van der Waals surface area contributed by atoms with E-state index in [9.17, 15) is 17.6 Å². The highest BCUT2D eigenvalue weighted by Crippen LogP contribution is 2.34. The van der Waals surface area contributed by atoms with E-state index >= 15 is 0 Å². The highest BCUT2D eigenvalue weighted by molar-refractivity contribution is 9.10. The Balaban J connectivity index is 1.77. The molecule has 0 saturated heterocycles. The third-order valence-corrected chi connectivity index (χ3v) is 5.93. The van der Waals surface area contributed by atoms with Crippen molar-refractivity contribution >= 4 is 37.4 Å². The Morgan fingerprint density at radius 3 is 2.69 bits per heavy atom. The molecule has 0 N–H and O–H groups in total. The summed E-state index contributed by atoms with van der Waals surface area (Å²) >= 11 is 3.16. The number of benzene rings is 2. The number of halogens is 2. The molecule has 8 heteroatoms. The molecule has 0 unspecified atom stereocenters. The zero-order valence-electron chi connectivity index (χ0n) is 14.2. The fourth-order valence-electron chi connectivity index (χ4n) is 3.10. The van der Waals surface area contributed by atoms with Crippen LogP contribution >= 0.6 is 15.9 Å². The SMILES string of the molecule is C[C@@H]1Cc2cc(C(=O)COc3ccc(Br)cc3F)ccc2N1S(C)(=O)=O. The van der Waals surface area contributed by atoms with Gasteiger partial charge in [0, 0.05) is 16.1 Å². The van der Waals surface area contributed by atoms with E-state index in [4.69, 9.17) is 4.74 Å². The normalized spacial score (nSPS) is 16.5. The average molecular weight is 442 g/mol. The summed E-state index contributed by atoms with van der Waals surface area (Å²) in [5.74, 6) is -0.862. The lowest BCUT2D eigenvalue weighted by molar-refractivity contribution is 0.0918. The first-order valence-electron chi connectivity index (χ1n) is 7.90. The van der Waals surface area contributed by atoms with Crippen LogP contribution < -0.4 is 9.04 Å². The molecular formula is C18H17BrFNO4S. The molecule has 138 valence electrons. The summed E-state index contributed by atoms with van der Waals surface area (Å²) in [5, 5.41) is 0. The lowest BCUT2D eigenvalue weighted by Crippen LogP contribution is -2.34. The predicted octanol–water partition coefficient (Wildman–Crippen LogP) is 3.56. The monoisotopic (exact) mass is 441 g/mol. The van der Waals surface area contributed by atoms with E-state index in [1.165, 1.54) is 16.4 Å². The van der Waals surface area contributed by atoms with Crippen molar-refractivity contribution in [2.75, 3.05) is 17.2 Å². The molecule has 0 saturated carbocycles.